The highest BCUT2D eigenvalue weighted by Gasteiger charge is 2.64. The zero-order chi connectivity index (χ0) is 52.3. The number of likely N-dealkylation sites (N-methyl/N-ethyl adjacent to an activating group) is 1. The van der Waals surface area contributed by atoms with Crippen LogP contribution in [-0.4, -0.2) is 150 Å². The number of alkyl carbamates (subject to hydrolysis) is 1. The molecule has 1 unspecified atom stereocenters. The Morgan fingerprint density at radius 1 is 1.10 bits per heavy atom. The highest BCUT2D eigenvalue weighted by Crippen LogP contribution is 2.49. The number of esters is 1. The van der Waals surface area contributed by atoms with Crippen LogP contribution in [0.25, 0.3) is 0 Å². The fourth-order valence-electron chi connectivity index (χ4n) is 8.12. The van der Waals surface area contributed by atoms with Gasteiger partial charge in [0.1, 0.15) is 40.7 Å². The number of nitrogens with zero attached hydrogens (tertiary/aromatic N) is 2. The minimum absolute atomic E-state index is 0.0524. The van der Waals surface area contributed by atoms with Crippen LogP contribution >= 0.6 is 33.2 Å². The minimum Gasteiger partial charge on any atom is -0.495 e. The SMILES string of the molecule is COc1cc2cc(c1Cl)N(C)C(=O)C[C@H](OC(=O)[C@H](C)N(C)C(=O)CCC(C)(C)SSCCNC(=O)CCNC(=O)CC(C)C(=O)O)[C@]1(C)O[C@H]1[C@H](C)[C@@H]1C[C@@](O)(NC(=O)O1)[C@H](OC)/C=C/C=C(\C)C2. The van der Waals surface area contributed by atoms with E-state index in [0.29, 0.717) is 36.6 Å². The maximum Gasteiger partial charge on any atom is 0.409 e. The molecule has 9 atom stereocenters. The zero-order valence-electron chi connectivity index (χ0n) is 41.9. The predicted molar refractivity (Wildman–Crippen MR) is 266 cm³/mol. The van der Waals surface area contributed by atoms with E-state index in [4.69, 9.17) is 40.4 Å². The van der Waals surface area contributed by atoms with Crippen molar-refractivity contribution in [1.82, 2.24) is 20.9 Å². The van der Waals surface area contributed by atoms with Crippen LogP contribution in [0.4, 0.5) is 10.5 Å². The lowest BCUT2D eigenvalue weighted by molar-refractivity contribution is -0.162. The van der Waals surface area contributed by atoms with E-state index in [0.717, 1.165) is 11.1 Å². The minimum atomic E-state index is -1.87. The van der Waals surface area contributed by atoms with E-state index in [2.05, 4.69) is 16.0 Å². The maximum atomic E-state index is 14.3. The normalized spacial score (nSPS) is 27.0. The van der Waals surface area contributed by atoms with Gasteiger partial charge in [0.05, 0.1) is 31.2 Å². The number of carboxylic acid groups (broad SMARTS) is 1. The summed E-state index contributed by atoms with van der Waals surface area (Å²) in [6.45, 7) is 12.8. The van der Waals surface area contributed by atoms with Gasteiger partial charge in [-0.1, -0.05) is 70.8 Å². The largest absolute Gasteiger partial charge is 0.495 e. The summed E-state index contributed by atoms with van der Waals surface area (Å²) in [5, 5.41) is 28.8. The molecule has 1 aromatic carbocycles. The average Bonchev–Trinajstić information content (AvgIpc) is 3.99. The summed E-state index contributed by atoms with van der Waals surface area (Å²) >= 11 is 6.81. The lowest BCUT2D eigenvalue weighted by Gasteiger charge is -2.42. The third-order valence-electron chi connectivity index (χ3n) is 12.8. The molecule has 5 N–H and O–H groups in total. The number of aliphatic hydroxyl groups is 1. The fraction of sp³-hybridized carbons (Fsp3) is 0.646. The summed E-state index contributed by atoms with van der Waals surface area (Å²) in [5.74, 6) is -3.79. The predicted octanol–water partition coefficient (Wildman–Crippen LogP) is 5.19. The highest BCUT2D eigenvalue weighted by molar-refractivity contribution is 8.77. The number of carboxylic acids is 1. The molecular weight excluding hydrogens is 970 g/mol. The second kappa shape index (κ2) is 25.2. The Bertz CT molecular complexity index is 2160. The number of hydrogen-bond acceptors (Lipinski definition) is 15. The van der Waals surface area contributed by atoms with Gasteiger partial charge in [-0.2, -0.15) is 0 Å². The van der Waals surface area contributed by atoms with E-state index in [-0.39, 0.29) is 60.2 Å². The third-order valence-corrected chi connectivity index (χ3v) is 16.6. The number of aliphatic carboxylic acids is 1. The number of hydrogen-bond donors (Lipinski definition) is 5. The Morgan fingerprint density at radius 2 is 1.79 bits per heavy atom. The summed E-state index contributed by atoms with van der Waals surface area (Å²) < 4.78 is 29.1. The average molecular weight is 1040 g/mol. The van der Waals surface area contributed by atoms with Crippen molar-refractivity contribution in [1.29, 1.82) is 0 Å². The van der Waals surface area contributed by atoms with Crippen molar-refractivity contribution in [3.8, 4) is 5.75 Å². The van der Waals surface area contributed by atoms with Gasteiger partial charge >= 0.3 is 18.0 Å². The van der Waals surface area contributed by atoms with Gasteiger partial charge in [-0.05, 0) is 65.2 Å². The molecule has 390 valence electrons. The first-order valence-electron chi connectivity index (χ1n) is 23.2. The Morgan fingerprint density at radius 3 is 2.44 bits per heavy atom. The first kappa shape index (κ1) is 58.0. The van der Waals surface area contributed by atoms with Crippen LogP contribution in [0.15, 0.2) is 35.9 Å². The molecule has 22 heteroatoms. The Labute approximate surface area is 423 Å². The Balaban J connectivity index is 1.44. The Hall–Kier alpha value is -4.54. The van der Waals surface area contributed by atoms with Crippen LogP contribution in [0, 0.1) is 11.8 Å². The van der Waals surface area contributed by atoms with Crippen molar-refractivity contribution in [2.75, 3.05) is 52.1 Å². The molecule has 3 aliphatic heterocycles. The topological polar surface area (TPSA) is 252 Å². The number of halogens is 1. The number of benzene rings is 1. The van der Waals surface area contributed by atoms with Crippen molar-refractivity contribution in [3.63, 3.8) is 0 Å². The number of ether oxygens (including phenoxy) is 5. The number of fused-ring (bicyclic) bond motifs is 5. The number of nitrogens with one attached hydrogen (secondary N) is 3. The Kier molecular flexibility index (Phi) is 20.9. The molecule has 0 saturated carbocycles. The van der Waals surface area contributed by atoms with E-state index < -0.39 is 83.5 Å². The quantitative estimate of drug-likeness (QED) is 0.0518. The lowest BCUT2D eigenvalue weighted by Crippen LogP contribution is -2.63. The molecule has 3 heterocycles. The number of amides is 5. The van der Waals surface area contributed by atoms with Gasteiger partial charge in [-0.3, -0.25) is 29.3 Å². The highest BCUT2D eigenvalue weighted by atomic mass is 35.5. The molecule has 70 heavy (non-hydrogen) atoms. The van der Waals surface area contributed by atoms with Crippen molar-refractivity contribution in [2.45, 2.75) is 140 Å². The number of carbonyl (C=O) groups is 7. The molecule has 2 saturated heterocycles. The van der Waals surface area contributed by atoms with Crippen molar-refractivity contribution >= 4 is 80.5 Å². The van der Waals surface area contributed by atoms with Gasteiger partial charge in [0.2, 0.25) is 23.6 Å². The fourth-order valence-corrected chi connectivity index (χ4v) is 10.9. The summed E-state index contributed by atoms with van der Waals surface area (Å²) in [4.78, 5) is 92.7. The first-order valence-corrected chi connectivity index (χ1v) is 25.9. The van der Waals surface area contributed by atoms with Crippen LogP contribution < -0.4 is 25.6 Å². The molecule has 0 aromatic heterocycles. The number of epoxide rings is 1. The standard InChI is InChI=1S/C48H70ClN5O14S2/c1-27-13-12-14-35(65-11)48(63)26-34(66-45(62)52-48)29(3)42-47(7,68-42)36(25-40(58)54(9)32-23-31(21-27)24-33(64-10)41(32)49)67-44(61)30(4)53(8)39(57)15-17-46(5,6)70-69-20-19-51-37(55)16-18-50-38(56)22-28(2)43(59)60/h12-14,23-24,28-30,34-36,42,63H,15-22,25-26H2,1-11H3,(H,50,56)(H,51,55)(H,52,62)(H,59,60)/b14-12+,27-13+/t28?,29-,30+,34+,35-,36+,42+,47+,48+/m1/s1. The van der Waals surface area contributed by atoms with Crippen molar-refractivity contribution in [3.05, 3.63) is 46.5 Å². The molecular formula is C48H70ClN5O14S2. The van der Waals surface area contributed by atoms with Crippen LogP contribution in [0.3, 0.4) is 0 Å². The van der Waals surface area contributed by atoms with Gasteiger partial charge < -0.3 is 54.3 Å². The molecule has 3 aliphatic rings. The zero-order valence-corrected chi connectivity index (χ0v) is 44.3. The summed E-state index contributed by atoms with van der Waals surface area (Å²) in [7, 11) is 9.04. The number of rotatable bonds is 19. The third kappa shape index (κ3) is 15.7. The number of allylic oxidation sites excluding steroid dienone is 3. The monoisotopic (exact) mass is 1040 g/mol. The molecule has 4 bridgehead atoms. The summed E-state index contributed by atoms with van der Waals surface area (Å²) in [6.07, 6.45) is 1.00. The van der Waals surface area contributed by atoms with Crippen molar-refractivity contribution in [2.24, 2.45) is 11.8 Å². The van der Waals surface area contributed by atoms with E-state index >= 15 is 0 Å². The van der Waals surface area contributed by atoms with E-state index in [1.807, 2.05) is 26.8 Å². The summed E-state index contributed by atoms with van der Waals surface area (Å²) in [5.41, 5.74) is -1.10. The molecule has 0 radical (unpaired) electrons. The van der Waals surface area contributed by atoms with E-state index in [1.54, 1.807) is 56.0 Å². The van der Waals surface area contributed by atoms with E-state index in [9.17, 15) is 38.7 Å². The van der Waals surface area contributed by atoms with Crippen LogP contribution in [-0.2, 0) is 54.1 Å². The van der Waals surface area contributed by atoms with Crippen LogP contribution in [0.5, 0.6) is 5.75 Å². The van der Waals surface area contributed by atoms with Gasteiger partial charge in [0.15, 0.2) is 5.72 Å². The van der Waals surface area contributed by atoms with Crippen LogP contribution in [0.2, 0.25) is 5.02 Å². The molecule has 2 fully saturated rings. The lowest BCUT2D eigenvalue weighted by atomic mass is 9.83. The summed E-state index contributed by atoms with van der Waals surface area (Å²) in [6, 6.07) is 2.48. The molecule has 0 aliphatic carbocycles. The van der Waals surface area contributed by atoms with Crippen LogP contribution in [0.1, 0.15) is 92.6 Å². The second-order valence-electron chi connectivity index (χ2n) is 19.0. The van der Waals surface area contributed by atoms with Gasteiger partial charge in [0.25, 0.3) is 0 Å². The second-order valence-corrected chi connectivity index (χ2v) is 22.5. The van der Waals surface area contributed by atoms with Gasteiger partial charge in [-0.25, -0.2) is 9.59 Å². The molecule has 5 amide bonds. The first-order chi connectivity index (χ1) is 32.7. The number of methoxy groups -OCH3 is 2. The number of carbonyl (C=O) groups excluding carboxylic acids is 6. The molecule has 4 rings (SSSR count). The molecule has 0 spiro atoms. The van der Waals surface area contributed by atoms with E-state index in [1.165, 1.54) is 55.7 Å². The number of anilines is 1. The van der Waals surface area contributed by atoms with Gasteiger partial charge in [0, 0.05) is 76.4 Å². The van der Waals surface area contributed by atoms with Gasteiger partial charge in [-0.15, -0.1) is 0 Å². The molecule has 1 aromatic rings. The molecule has 19 nitrogen and oxygen atoms in total. The smallest absolute Gasteiger partial charge is 0.409 e. The van der Waals surface area contributed by atoms with Crippen molar-refractivity contribution < 1.29 is 67.5 Å². The maximum absolute atomic E-state index is 14.3.